The van der Waals surface area contributed by atoms with Crippen molar-refractivity contribution < 1.29 is 19.4 Å². The molecule has 0 bridgehead atoms. The Balaban J connectivity index is 1.70. The van der Waals surface area contributed by atoms with Crippen molar-refractivity contribution in [1.82, 2.24) is 15.2 Å². The lowest BCUT2D eigenvalue weighted by molar-refractivity contribution is 0.0691. The predicted molar refractivity (Wildman–Crippen MR) is 77.7 cm³/mol. The van der Waals surface area contributed by atoms with E-state index in [0.717, 1.165) is 19.5 Å². The van der Waals surface area contributed by atoms with Gasteiger partial charge in [0.1, 0.15) is 0 Å². The van der Waals surface area contributed by atoms with Gasteiger partial charge in [0.25, 0.3) is 0 Å². The van der Waals surface area contributed by atoms with E-state index in [1.165, 1.54) is 16.7 Å². The quantitative estimate of drug-likeness (QED) is 0.819. The van der Waals surface area contributed by atoms with Crippen LogP contribution in [0.3, 0.4) is 0 Å². The zero-order valence-corrected chi connectivity index (χ0v) is 12.7. The van der Waals surface area contributed by atoms with Crippen LogP contribution >= 0.6 is 11.3 Å². The Labute approximate surface area is 126 Å². The van der Waals surface area contributed by atoms with Crippen LogP contribution in [0.2, 0.25) is 0 Å². The van der Waals surface area contributed by atoms with Crippen molar-refractivity contribution in [2.75, 3.05) is 33.4 Å². The molecule has 7 nitrogen and oxygen atoms in total. The normalized spacial score (nSPS) is 18.0. The summed E-state index contributed by atoms with van der Waals surface area (Å²) < 4.78 is 5.10. The maximum absolute atomic E-state index is 12.0. The SMILES string of the molecule is COCC1CCN(C(=O)NCCc2nc(C(=O)O)cs2)C1. The minimum absolute atomic E-state index is 0.0586. The predicted octanol–water partition coefficient (Wildman–Crippen LogP) is 1.06. The first-order valence-electron chi connectivity index (χ1n) is 6.79. The molecular formula is C13H19N3O4S. The topological polar surface area (TPSA) is 91.8 Å². The first-order chi connectivity index (χ1) is 10.1. The third-order valence-electron chi connectivity index (χ3n) is 3.36. The summed E-state index contributed by atoms with van der Waals surface area (Å²) in [5, 5.41) is 13.8. The molecule has 1 aliphatic rings. The van der Waals surface area contributed by atoms with Gasteiger partial charge in [-0.05, 0) is 6.42 Å². The number of carboxylic acid groups (broad SMARTS) is 1. The van der Waals surface area contributed by atoms with Crippen molar-refractivity contribution >= 4 is 23.3 Å². The molecule has 2 amide bonds. The van der Waals surface area contributed by atoms with Gasteiger partial charge in [-0.25, -0.2) is 14.6 Å². The lowest BCUT2D eigenvalue weighted by Gasteiger charge is -2.17. The Hall–Kier alpha value is -1.67. The van der Waals surface area contributed by atoms with Crippen molar-refractivity contribution in [1.29, 1.82) is 0 Å². The largest absolute Gasteiger partial charge is 0.476 e. The molecule has 1 aliphatic heterocycles. The van der Waals surface area contributed by atoms with Crippen LogP contribution in [0.25, 0.3) is 0 Å². The highest BCUT2D eigenvalue weighted by atomic mass is 32.1. The van der Waals surface area contributed by atoms with E-state index in [9.17, 15) is 9.59 Å². The monoisotopic (exact) mass is 313 g/mol. The summed E-state index contributed by atoms with van der Waals surface area (Å²) >= 11 is 1.30. The zero-order chi connectivity index (χ0) is 15.2. The summed E-state index contributed by atoms with van der Waals surface area (Å²) in [6, 6.07) is -0.0800. The van der Waals surface area contributed by atoms with E-state index >= 15 is 0 Å². The number of nitrogens with one attached hydrogen (secondary N) is 1. The van der Waals surface area contributed by atoms with Crippen LogP contribution in [0, 0.1) is 5.92 Å². The molecule has 1 aromatic rings. The highest BCUT2D eigenvalue weighted by Gasteiger charge is 2.25. The second-order valence-electron chi connectivity index (χ2n) is 4.97. The molecule has 0 aromatic carbocycles. The number of nitrogens with zero attached hydrogens (tertiary/aromatic N) is 2. The number of aromatic nitrogens is 1. The van der Waals surface area contributed by atoms with E-state index in [1.54, 1.807) is 12.0 Å². The molecule has 2 N–H and O–H groups in total. The maximum Gasteiger partial charge on any atom is 0.355 e. The van der Waals surface area contributed by atoms with E-state index in [0.29, 0.717) is 30.5 Å². The van der Waals surface area contributed by atoms with Crippen LogP contribution in [0.1, 0.15) is 21.9 Å². The molecule has 8 heteroatoms. The number of urea groups is 1. The summed E-state index contributed by atoms with van der Waals surface area (Å²) in [4.78, 5) is 28.4. The van der Waals surface area contributed by atoms with Crippen LogP contribution < -0.4 is 5.32 Å². The number of carbonyl (C=O) groups excluding carboxylic acids is 1. The van der Waals surface area contributed by atoms with E-state index in [4.69, 9.17) is 9.84 Å². The Morgan fingerprint density at radius 1 is 1.62 bits per heavy atom. The van der Waals surface area contributed by atoms with Crippen LogP contribution in [-0.4, -0.2) is 60.3 Å². The minimum Gasteiger partial charge on any atom is -0.476 e. The second-order valence-corrected chi connectivity index (χ2v) is 5.91. The fourth-order valence-corrected chi connectivity index (χ4v) is 3.07. The number of carboxylic acids is 1. The van der Waals surface area contributed by atoms with Crippen LogP contribution in [-0.2, 0) is 11.2 Å². The fraction of sp³-hybridized carbons (Fsp3) is 0.615. The van der Waals surface area contributed by atoms with E-state index in [1.807, 2.05) is 0 Å². The van der Waals surface area contributed by atoms with Gasteiger partial charge in [0.2, 0.25) is 0 Å². The number of hydrogen-bond acceptors (Lipinski definition) is 5. The highest BCUT2D eigenvalue weighted by molar-refractivity contribution is 7.09. The van der Waals surface area contributed by atoms with Gasteiger partial charge < -0.3 is 20.1 Å². The molecular weight excluding hydrogens is 294 g/mol. The van der Waals surface area contributed by atoms with Crippen LogP contribution in [0.5, 0.6) is 0 Å². The molecule has 0 spiro atoms. The van der Waals surface area contributed by atoms with Gasteiger partial charge in [0.15, 0.2) is 5.69 Å². The molecule has 2 heterocycles. The van der Waals surface area contributed by atoms with Gasteiger partial charge in [-0.3, -0.25) is 0 Å². The standard InChI is InChI=1S/C13H19N3O4S/c1-20-7-9-3-5-16(6-9)13(19)14-4-2-11-15-10(8-21-11)12(17)18/h8-9H,2-7H2,1H3,(H,14,19)(H,17,18). The van der Waals surface area contributed by atoms with Crippen molar-refractivity contribution in [3.05, 3.63) is 16.1 Å². The van der Waals surface area contributed by atoms with E-state index in [-0.39, 0.29) is 11.7 Å². The number of methoxy groups -OCH3 is 1. The number of rotatable bonds is 6. The van der Waals surface area contributed by atoms with Crippen molar-refractivity contribution in [2.24, 2.45) is 5.92 Å². The molecule has 1 fully saturated rings. The van der Waals surface area contributed by atoms with Gasteiger partial charge in [-0.15, -0.1) is 11.3 Å². The molecule has 1 saturated heterocycles. The molecule has 0 aliphatic carbocycles. The van der Waals surface area contributed by atoms with Gasteiger partial charge in [-0.2, -0.15) is 0 Å². The molecule has 2 rings (SSSR count). The lowest BCUT2D eigenvalue weighted by Crippen LogP contribution is -2.39. The zero-order valence-electron chi connectivity index (χ0n) is 11.9. The first kappa shape index (κ1) is 15.7. The summed E-state index contributed by atoms with van der Waals surface area (Å²) in [6.07, 6.45) is 1.51. The van der Waals surface area contributed by atoms with Gasteiger partial charge in [-0.1, -0.05) is 0 Å². The Kier molecular flexibility index (Phi) is 5.51. The van der Waals surface area contributed by atoms with Gasteiger partial charge in [0.05, 0.1) is 11.6 Å². The molecule has 1 atom stereocenters. The third-order valence-corrected chi connectivity index (χ3v) is 4.27. The first-order valence-corrected chi connectivity index (χ1v) is 7.67. The number of likely N-dealkylation sites (tertiary alicyclic amines) is 1. The van der Waals surface area contributed by atoms with E-state index in [2.05, 4.69) is 10.3 Å². The number of carbonyl (C=O) groups is 2. The summed E-state index contributed by atoms with van der Waals surface area (Å²) in [5.41, 5.74) is 0.0586. The van der Waals surface area contributed by atoms with Crippen LogP contribution in [0.15, 0.2) is 5.38 Å². The minimum atomic E-state index is -1.03. The average Bonchev–Trinajstić information content (AvgIpc) is 3.08. The maximum atomic E-state index is 12.0. The highest BCUT2D eigenvalue weighted by Crippen LogP contribution is 2.16. The number of ether oxygens (including phenoxy) is 1. The number of amides is 2. The second kappa shape index (κ2) is 7.37. The Morgan fingerprint density at radius 2 is 2.43 bits per heavy atom. The summed E-state index contributed by atoms with van der Waals surface area (Å²) in [7, 11) is 1.67. The van der Waals surface area contributed by atoms with Crippen molar-refractivity contribution in [2.45, 2.75) is 12.8 Å². The molecule has 0 saturated carbocycles. The van der Waals surface area contributed by atoms with E-state index < -0.39 is 5.97 Å². The smallest absolute Gasteiger partial charge is 0.355 e. The average molecular weight is 313 g/mol. The summed E-state index contributed by atoms with van der Waals surface area (Å²) in [6.45, 7) is 2.61. The lowest BCUT2D eigenvalue weighted by atomic mass is 10.1. The molecule has 116 valence electrons. The molecule has 1 unspecified atom stereocenters. The van der Waals surface area contributed by atoms with Crippen molar-refractivity contribution in [3.8, 4) is 0 Å². The fourth-order valence-electron chi connectivity index (χ4n) is 2.30. The Bertz CT molecular complexity index is 505. The third kappa shape index (κ3) is 4.40. The number of aromatic carboxylic acids is 1. The summed E-state index contributed by atoms with van der Waals surface area (Å²) in [5.74, 6) is -0.611. The van der Waals surface area contributed by atoms with Crippen LogP contribution in [0.4, 0.5) is 4.79 Å². The molecule has 0 radical (unpaired) electrons. The molecule has 21 heavy (non-hydrogen) atoms. The number of hydrogen-bond donors (Lipinski definition) is 2. The van der Waals surface area contributed by atoms with Crippen molar-refractivity contribution in [3.63, 3.8) is 0 Å². The van der Waals surface area contributed by atoms with Gasteiger partial charge in [0, 0.05) is 44.5 Å². The molecule has 1 aromatic heterocycles. The number of thiazole rings is 1. The Morgan fingerprint density at radius 3 is 3.10 bits per heavy atom. The van der Waals surface area contributed by atoms with Gasteiger partial charge >= 0.3 is 12.0 Å².